The first-order valence-electron chi connectivity index (χ1n) is 6.91. The zero-order chi connectivity index (χ0) is 16.1. The number of nitrogens with two attached hydrogens (primary N) is 1. The van der Waals surface area contributed by atoms with Crippen molar-refractivity contribution in [2.75, 3.05) is 30.9 Å². The van der Waals surface area contributed by atoms with Gasteiger partial charge in [0.1, 0.15) is 11.0 Å². The van der Waals surface area contributed by atoms with E-state index in [1.54, 1.807) is 18.0 Å². The van der Waals surface area contributed by atoms with Gasteiger partial charge < -0.3 is 26.2 Å². The van der Waals surface area contributed by atoms with Crippen molar-refractivity contribution in [2.45, 2.75) is 12.6 Å². The third-order valence-corrected chi connectivity index (χ3v) is 4.23. The maximum absolute atomic E-state index is 11.7. The molecule has 0 aliphatic carbocycles. The second kappa shape index (κ2) is 7.63. The number of anilines is 1. The van der Waals surface area contributed by atoms with Crippen LogP contribution in [0, 0.1) is 5.92 Å². The molecule has 0 unspecified atom stereocenters. The van der Waals surface area contributed by atoms with Crippen molar-refractivity contribution in [3.63, 3.8) is 0 Å². The van der Waals surface area contributed by atoms with Crippen LogP contribution in [0.25, 0.3) is 11.0 Å². The van der Waals surface area contributed by atoms with Crippen molar-refractivity contribution in [1.29, 1.82) is 0 Å². The summed E-state index contributed by atoms with van der Waals surface area (Å²) in [6, 6.07) is 0. The molecule has 2 rings (SSSR count). The van der Waals surface area contributed by atoms with Gasteiger partial charge in [0.25, 0.3) is 5.56 Å². The largest absolute Gasteiger partial charge is 0.394 e. The smallest absolute Gasteiger partial charge is 0.276 e. The summed E-state index contributed by atoms with van der Waals surface area (Å²) in [4.78, 5) is 21.2. The second-order valence-electron chi connectivity index (χ2n) is 5.08. The summed E-state index contributed by atoms with van der Waals surface area (Å²) in [6.07, 6.45) is 2.92. The molecule has 0 saturated heterocycles. The quantitative estimate of drug-likeness (QED) is 0.375. The number of hydrogen-bond acceptors (Lipinski definition) is 7. The molecule has 2 aromatic rings. The van der Waals surface area contributed by atoms with Gasteiger partial charge in [0.15, 0.2) is 0 Å². The van der Waals surface area contributed by atoms with Crippen LogP contribution in [-0.4, -0.2) is 56.4 Å². The summed E-state index contributed by atoms with van der Waals surface area (Å²) in [5.74, 6) is 0.772. The Morgan fingerprint density at radius 1 is 1.55 bits per heavy atom. The van der Waals surface area contributed by atoms with Crippen molar-refractivity contribution in [3.8, 4) is 0 Å². The summed E-state index contributed by atoms with van der Waals surface area (Å²) < 4.78 is 0. The zero-order valence-electron chi connectivity index (χ0n) is 12.3. The molecule has 0 radical (unpaired) electrons. The van der Waals surface area contributed by atoms with Crippen LogP contribution in [0.2, 0.25) is 0 Å². The highest BCUT2D eigenvalue weighted by Crippen LogP contribution is 2.14. The Hall–Kier alpha value is -1.55. The van der Waals surface area contributed by atoms with Gasteiger partial charge in [-0.3, -0.25) is 9.78 Å². The lowest BCUT2D eigenvalue weighted by Gasteiger charge is -2.20. The average molecular weight is 327 g/mol. The number of rotatable bonds is 8. The van der Waals surface area contributed by atoms with Gasteiger partial charge in [0, 0.05) is 30.8 Å². The standard InChI is InChI=1S/C13H21N5O3S/c1-22-6-8(9(20)5-19)3-15-2-7-4-16-11-10(7)17-13(14)18-12(11)21/h4,8-9,15-16,19-20H,2-3,5-6H2,1H3,(H3,14,17,18,21)/t8-,9+/m1/s1. The average Bonchev–Trinajstić information content (AvgIpc) is 2.89. The number of nitrogen functional groups attached to an aromatic ring is 1. The molecule has 2 atom stereocenters. The lowest BCUT2D eigenvalue weighted by molar-refractivity contribution is 0.0549. The molecular weight excluding hydrogens is 306 g/mol. The van der Waals surface area contributed by atoms with Gasteiger partial charge in [-0.05, 0) is 12.0 Å². The third-order valence-electron chi connectivity index (χ3n) is 3.47. The van der Waals surface area contributed by atoms with Gasteiger partial charge in [-0.2, -0.15) is 11.8 Å². The molecule has 0 fully saturated rings. The Labute approximate surface area is 131 Å². The highest BCUT2D eigenvalue weighted by molar-refractivity contribution is 7.98. The predicted molar refractivity (Wildman–Crippen MR) is 87.8 cm³/mol. The number of nitrogens with zero attached hydrogens (tertiary/aromatic N) is 1. The van der Waals surface area contributed by atoms with Crippen LogP contribution < -0.4 is 16.6 Å². The summed E-state index contributed by atoms with van der Waals surface area (Å²) in [6.45, 7) is 0.778. The third kappa shape index (κ3) is 3.80. The molecule has 0 bridgehead atoms. The molecule has 2 heterocycles. The highest BCUT2D eigenvalue weighted by Gasteiger charge is 2.18. The number of aromatic nitrogens is 3. The first kappa shape index (κ1) is 16.8. The Morgan fingerprint density at radius 2 is 2.32 bits per heavy atom. The molecule has 0 aliphatic rings. The van der Waals surface area contributed by atoms with E-state index in [2.05, 4.69) is 20.3 Å². The van der Waals surface area contributed by atoms with Gasteiger partial charge in [0.05, 0.1) is 12.7 Å². The lowest BCUT2D eigenvalue weighted by Crippen LogP contribution is -2.35. The van der Waals surface area contributed by atoms with Crippen LogP contribution in [-0.2, 0) is 6.54 Å². The number of aliphatic hydroxyl groups is 2. The minimum atomic E-state index is -0.750. The number of hydrogen-bond donors (Lipinski definition) is 6. The molecular formula is C13H21N5O3S. The van der Waals surface area contributed by atoms with Crippen LogP contribution in [0.5, 0.6) is 0 Å². The van der Waals surface area contributed by atoms with E-state index in [0.717, 1.165) is 11.3 Å². The number of aliphatic hydroxyl groups excluding tert-OH is 2. The fraction of sp³-hybridized carbons (Fsp3) is 0.538. The van der Waals surface area contributed by atoms with Crippen LogP contribution >= 0.6 is 11.8 Å². The summed E-state index contributed by atoms with van der Waals surface area (Å²) in [5, 5.41) is 22.1. The van der Waals surface area contributed by atoms with Crippen molar-refractivity contribution in [2.24, 2.45) is 5.92 Å². The van der Waals surface area contributed by atoms with Crippen LogP contribution in [0.4, 0.5) is 5.95 Å². The first-order chi connectivity index (χ1) is 10.6. The lowest BCUT2D eigenvalue weighted by atomic mass is 10.1. The van der Waals surface area contributed by atoms with Gasteiger partial charge in [-0.1, -0.05) is 0 Å². The Balaban J connectivity index is 2.04. The molecule has 0 saturated carbocycles. The summed E-state index contributed by atoms with van der Waals surface area (Å²) >= 11 is 1.62. The molecule has 0 aromatic carbocycles. The molecule has 7 N–H and O–H groups in total. The fourth-order valence-corrected chi connectivity index (χ4v) is 3.05. The van der Waals surface area contributed by atoms with Gasteiger partial charge in [0.2, 0.25) is 5.95 Å². The van der Waals surface area contributed by atoms with E-state index in [9.17, 15) is 9.90 Å². The predicted octanol–water partition coefficient (Wildman–Crippen LogP) is -0.745. The molecule has 9 heteroatoms. The Kier molecular flexibility index (Phi) is 5.83. The molecule has 22 heavy (non-hydrogen) atoms. The van der Waals surface area contributed by atoms with E-state index in [1.807, 2.05) is 6.26 Å². The van der Waals surface area contributed by atoms with Crippen LogP contribution in [0.1, 0.15) is 5.56 Å². The SMILES string of the molecule is CSC[C@@H](CNCc1c[nH]c2c(=O)[nH]c(N)nc12)[C@@H](O)CO. The van der Waals surface area contributed by atoms with Crippen LogP contribution in [0.15, 0.2) is 11.0 Å². The maximum atomic E-state index is 11.7. The Bertz CT molecular complexity index is 671. The molecule has 0 aliphatic heterocycles. The van der Waals surface area contributed by atoms with Crippen molar-refractivity contribution >= 4 is 28.7 Å². The molecule has 0 spiro atoms. The van der Waals surface area contributed by atoms with Crippen molar-refractivity contribution < 1.29 is 10.2 Å². The normalized spacial score (nSPS) is 14.3. The monoisotopic (exact) mass is 327 g/mol. The molecule has 122 valence electrons. The topological polar surface area (TPSA) is 140 Å². The van der Waals surface area contributed by atoms with Crippen LogP contribution in [0.3, 0.4) is 0 Å². The van der Waals surface area contributed by atoms with Crippen molar-refractivity contribution in [3.05, 3.63) is 22.1 Å². The Morgan fingerprint density at radius 3 is 3.00 bits per heavy atom. The number of fused-ring (bicyclic) bond motifs is 1. The maximum Gasteiger partial charge on any atom is 0.276 e. The zero-order valence-corrected chi connectivity index (χ0v) is 13.1. The number of aromatic amines is 2. The fourth-order valence-electron chi connectivity index (χ4n) is 2.28. The van der Waals surface area contributed by atoms with E-state index in [4.69, 9.17) is 10.8 Å². The number of H-pyrrole nitrogens is 2. The van der Waals surface area contributed by atoms with E-state index in [0.29, 0.717) is 24.1 Å². The summed E-state index contributed by atoms with van der Waals surface area (Å²) in [5.41, 5.74) is 7.02. The van der Waals surface area contributed by atoms with Crippen molar-refractivity contribution in [1.82, 2.24) is 20.3 Å². The van der Waals surface area contributed by atoms with Gasteiger partial charge in [-0.15, -0.1) is 0 Å². The second-order valence-corrected chi connectivity index (χ2v) is 6.00. The minimum Gasteiger partial charge on any atom is -0.394 e. The first-order valence-corrected chi connectivity index (χ1v) is 8.30. The van der Waals surface area contributed by atoms with Gasteiger partial charge in [-0.25, -0.2) is 4.98 Å². The van der Waals surface area contributed by atoms with E-state index >= 15 is 0 Å². The minimum absolute atomic E-state index is 0.0494. The van der Waals surface area contributed by atoms with E-state index < -0.39 is 6.10 Å². The molecule has 2 aromatic heterocycles. The van der Waals surface area contributed by atoms with E-state index in [1.165, 1.54) is 0 Å². The van der Waals surface area contributed by atoms with Gasteiger partial charge >= 0.3 is 0 Å². The number of nitrogens with one attached hydrogen (secondary N) is 3. The molecule has 0 amide bonds. The summed E-state index contributed by atoms with van der Waals surface area (Å²) in [7, 11) is 0. The number of thioether (sulfide) groups is 1. The van der Waals surface area contributed by atoms with E-state index in [-0.39, 0.29) is 24.0 Å². The molecule has 8 nitrogen and oxygen atoms in total. The highest BCUT2D eigenvalue weighted by atomic mass is 32.2.